The monoisotopic (exact) mass is 344 g/mol. The molecule has 7 nitrogen and oxygen atoms in total. The Morgan fingerprint density at radius 3 is 2.80 bits per heavy atom. The van der Waals surface area contributed by atoms with Crippen molar-refractivity contribution in [3.05, 3.63) is 47.5 Å². The van der Waals surface area contributed by atoms with Crippen molar-refractivity contribution in [3.8, 4) is 0 Å². The number of H-pyrrole nitrogens is 1. The quantitative estimate of drug-likeness (QED) is 0.470. The summed E-state index contributed by atoms with van der Waals surface area (Å²) in [6.07, 6.45) is 3.30. The Morgan fingerprint density at radius 2 is 2.08 bits per heavy atom. The van der Waals surface area contributed by atoms with Crippen molar-refractivity contribution in [1.29, 1.82) is 0 Å². The highest BCUT2D eigenvalue weighted by Crippen LogP contribution is 2.19. The van der Waals surface area contributed by atoms with Crippen LogP contribution >= 0.6 is 0 Å². The van der Waals surface area contributed by atoms with Crippen LogP contribution in [0.3, 0.4) is 0 Å². The molecule has 0 amide bonds. The summed E-state index contributed by atoms with van der Waals surface area (Å²) < 4.78 is 18.5. The van der Waals surface area contributed by atoms with Gasteiger partial charge in [0.25, 0.3) is 0 Å². The van der Waals surface area contributed by atoms with Crippen LogP contribution in [0.2, 0.25) is 0 Å². The molecule has 0 saturated carbocycles. The van der Waals surface area contributed by atoms with E-state index in [0.29, 0.717) is 37.2 Å². The first kappa shape index (κ1) is 16.9. The molecule has 2 aromatic heterocycles. The summed E-state index contributed by atoms with van der Waals surface area (Å²) in [6.45, 7) is 3.11. The summed E-state index contributed by atoms with van der Waals surface area (Å²) >= 11 is 0. The average molecular weight is 344 g/mol. The van der Waals surface area contributed by atoms with Crippen molar-refractivity contribution in [2.75, 3.05) is 20.1 Å². The van der Waals surface area contributed by atoms with Gasteiger partial charge in [0.05, 0.1) is 0 Å². The Balaban J connectivity index is 1.47. The van der Waals surface area contributed by atoms with Crippen LogP contribution in [0.5, 0.6) is 0 Å². The number of aromatic nitrogens is 3. The number of halogens is 1. The lowest BCUT2D eigenvalue weighted by atomic mass is 10.1. The van der Waals surface area contributed by atoms with Crippen LogP contribution in [0.15, 0.2) is 33.9 Å². The van der Waals surface area contributed by atoms with Crippen molar-refractivity contribution in [3.63, 3.8) is 0 Å². The molecule has 0 aliphatic carbocycles. The first-order valence-electron chi connectivity index (χ1n) is 8.15. The van der Waals surface area contributed by atoms with Gasteiger partial charge in [0.15, 0.2) is 11.8 Å². The minimum atomic E-state index is -0.227. The number of hydrogen-bond acceptors (Lipinski definition) is 4. The molecule has 0 fully saturated rings. The van der Waals surface area contributed by atoms with E-state index in [0.717, 1.165) is 22.9 Å². The molecule has 8 heteroatoms. The molecule has 3 aromatic rings. The van der Waals surface area contributed by atoms with Crippen molar-refractivity contribution in [1.82, 2.24) is 25.8 Å². The third-order valence-corrected chi connectivity index (χ3v) is 3.84. The highest BCUT2D eigenvalue weighted by atomic mass is 19.1. The molecule has 132 valence electrons. The largest absolute Gasteiger partial charge is 0.361 e. The predicted molar refractivity (Wildman–Crippen MR) is 94.1 cm³/mol. The number of nitrogens with zero attached hydrogens (tertiary/aromatic N) is 3. The van der Waals surface area contributed by atoms with Gasteiger partial charge in [0, 0.05) is 43.7 Å². The van der Waals surface area contributed by atoms with Crippen molar-refractivity contribution >= 4 is 16.9 Å². The van der Waals surface area contributed by atoms with Gasteiger partial charge in [0.2, 0.25) is 5.89 Å². The number of benzene rings is 1. The molecular weight excluding hydrogens is 323 g/mol. The van der Waals surface area contributed by atoms with E-state index in [1.165, 1.54) is 6.07 Å². The van der Waals surface area contributed by atoms with E-state index in [-0.39, 0.29) is 5.82 Å². The highest BCUT2D eigenvalue weighted by molar-refractivity contribution is 5.83. The van der Waals surface area contributed by atoms with Crippen LogP contribution in [0, 0.1) is 12.7 Å². The summed E-state index contributed by atoms with van der Waals surface area (Å²) in [5.74, 6) is 1.70. The Labute approximate surface area is 144 Å². The average Bonchev–Trinajstić information content (AvgIpc) is 3.19. The number of aromatic amines is 1. The Bertz CT molecular complexity index is 869. The second-order valence-corrected chi connectivity index (χ2v) is 5.66. The van der Waals surface area contributed by atoms with E-state index in [1.807, 2.05) is 6.20 Å². The van der Waals surface area contributed by atoms with E-state index >= 15 is 0 Å². The fraction of sp³-hybridized carbons (Fsp3) is 0.353. The fourth-order valence-corrected chi connectivity index (χ4v) is 2.62. The number of rotatable bonds is 6. The molecule has 0 aliphatic heterocycles. The standard InChI is InChI=1S/C17H21FN6O/c1-11-23-16(25-24-11)6-8-21-17(19-2)20-7-5-12-10-22-15-4-3-13(18)9-14(12)15/h3-4,9-10,22H,5-8H2,1-2H3,(H2,19,20,21). The third-order valence-electron chi connectivity index (χ3n) is 3.84. The number of guanidine groups is 1. The lowest BCUT2D eigenvalue weighted by Gasteiger charge is -2.10. The third kappa shape index (κ3) is 4.34. The topological polar surface area (TPSA) is 91.1 Å². The summed E-state index contributed by atoms with van der Waals surface area (Å²) in [5, 5.41) is 11.1. The fourth-order valence-electron chi connectivity index (χ4n) is 2.62. The molecule has 0 radical (unpaired) electrons. The molecule has 0 saturated heterocycles. The SMILES string of the molecule is CN=C(NCCc1nc(C)no1)NCCc1c[nH]c2ccc(F)cc12. The van der Waals surface area contributed by atoms with E-state index in [2.05, 4.69) is 30.8 Å². The van der Waals surface area contributed by atoms with Gasteiger partial charge in [-0.1, -0.05) is 5.16 Å². The summed E-state index contributed by atoms with van der Waals surface area (Å²) in [4.78, 5) is 11.5. The first-order chi connectivity index (χ1) is 12.2. The van der Waals surface area contributed by atoms with Crippen molar-refractivity contribution in [2.24, 2.45) is 4.99 Å². The number of hydrogen-bond donors (Lipinski definition) is 3. The number of aliphatic imine (C=N–C) groups is 1. The summed E-state index contributed by atoms with van der Waals surface area (Å²) in [6, 6.07) is 4.76. The zero-order valence-corrected chi connectivity index (χ0v) is 14.3. The van der Waals surface area contributed by atoms with E-state index in [1.54, 1.807) is 26.1 Å². The molecule has 0 aliphatic rings. The molecule has 0 unspecified atom stereocenters. The van der Waals surface area contributed by atoms with E-state index < -0.39 is 0 Å². The van der Waals surface area contributed by atoms with Crippen LogP contribution in [0.25, 0.3) is 10.9 Å². The van der Waals surface area contributed by atoms with Gasteiger partial charge in [0.1, 0.15) is 5.82 Å². The molecule has 3 N–H and O–H groups in total. The number of aryl methyl sites for hydroxylation is 1. The number of fused-ring (bicyclic) bond motifs is 1. The molecule has 0 spiro atoms. The van der Waals surface area contributed by atoms with Crippen molar-refractivity contribution < 1.29 is 8.91 Å². The Hall–Kier alpha value is -2.90. The number of nitrogens with one attached hydrogen (secondary N) is 3. The maximum absolute atomic E-state index is 13.4. The second-order valence-electron chi connectivity index (χ2n) is 5.66. The first-order valence-corrected chi connectivity index (χ1v) is 8.15. The van der Waals surface area contributed by atoms with Gasteiger partial charge in [-0.3, -0.25) is 4.99 Å². The molecule has 0 atom stereocenters. The molecule has 25 heavy (non-hydrogen) atoms. The zero-order valence-electron chi connectivity index (χ0n) is 14.3. The maximum Gasteiger partial charge on any atom is 0.228 e. The van der Waals surface area contributed by atoms with Crippen LogP contribution in [0.4, 0.5) is 4.39 Å². The van der Waals surface area contributed by atoms with Crippen LogP contribution in [-0.2, 0) is 12.8 Å². The molecule has 1 aromatic carbocycles. The minimum absolute atomic E-state index is 0.227. The van der Waals surface area contributed by atoms with Crippen molar-refractivity contribution in [2.45, 2.75) is 19.8 Å². The second kappa shape index (κ2) is 7.78. The van der Waals surface area contributed by atoms with Gasteiger partial charge in [-0.2, -0.15) is 4.98 Å². The molecular formula is C17H21FN6O. The van der Waals surface area contributed by atoms with Crippen LogP contribution < -0.4 is 10.6 Å². The highest BCUT2D eigenvalue weighted by Gasteiger charge is 2.06. The van der Waals surface area contributed by atoms with E-state index in [9.17, 15) is 4.39 Å². The van der Waals surface area contributed by atoms with Gasteiger partial charge in [-0.05, 0) is 37.1 Å². The lowest BCUT2D eigenvalue weighted by molar-refractivity contribution is 0.374. The maximum atomic E-state index is 13.4. The van der Waals surface area contributed by atoms with Gasteiger partial charge in [-0.25, -0.2) is 4.39 Å². The molecule has 3 rings (SSSR count). The predicted octanol–water partition coefficient (Wildman–Crippen LogP) is 1.95. The zero-order chi connectivity index (χ0) is 17.6. The van der Waals surface area contributed by atoms with Crippen LogP contribution in [-0.4, -0.2) is 41.2 Å². The van der Waals surface area contributed by atoms with Gasteiger partial charge >= 0.3 is 0 Å². The van der Waals surface area contributed by atoms with Gasteiger partial charge < -0.3 is 20.1 Å². The Morgan fingerprint density at radius 1 is 1.28 bits per heavy atom. The minimum Gasteiger partial charge on any atom is -0.361 e. The van der Waals surface area contributed by atoms with Gasteiger partial charge in [-0.15, -0.1) is 0 Å². The summed E-state index contributed by atoms with van der Waals surface area (Å²) in [7, 11) is 1.72. The molecule has 0 bridgehead atoms. The summed E-state index contributed by atoms with van der Waals surface area (Å²) in [5.41, 5.74) is 2.01. The smallest absolute Gasteiger partial charge is 0.228 e. The molecule has 2 heterocycles. The lowest BCUT2D eigenvalue weighted by Crippen LogP contribution is -2.39. The normalized spacial score (nSPS) is 11.9. The van der Waals surface area contributed by atoms with Crippen LogP contribution in [0.1, 0.15) is 17.3 Å². The Kier molecular flexibility index (Phi) is 5.27. The van der Waals surface area contributed by atoms with E-state index in [4.69, 9.17) is 4.52 Å².